The van der Waals surface area contributed by atoms with Crippen LogP contribution in [0.5, 0.6) is 0 Å². The molecule has 7 heteroatoms. The van der Waals surface area contributed by atoms with Crippen LogP contribution in [0.25, 0.3) is 0 Å². The van der Waals surface area contributed by atoms with E-state index < -0.39 is 10.0 Å². The second-order valence-corrected chi connectivity index (χ2v) is 7.56. The lowest BCUT2D eigenvalue weighted by atomic mass is 9.97. The van der Waals surface area contributed by atoms with Crippen LogP contribution in [-0.2, 0) is 16.6 Å². The maximum atomic E-state index is 12.4. The molecule has 104 valence electrons. The van der Waals surface area contributed by atoms with Crippen molar-refractivity contribution in [2.75, 3.05) is 20.6 Å². The monoisotopic (exact) mass is 274 g/mol. The molecule has 0 unspecified atom stereocenters. The topological polar surface area (TPSA) is 78.1 Å². The third kappa shape index (κ3) is 3.54. The van der Waals surface area contributed by atoms with E-state index in [9.17, 15) is 8.42 Å². The van der Waals surface area contributed by atoms with Gasteiger partial charge in [-0.15, -0.1) is 0 Å². The van der Waals surface area contributed by atoms with E-state index in [1.807, 2.05) is 20.8 Å². The summed E-state index contributed by atoms with van der Waals surface area (Å²) in [5, 5.41) is 9.49. The van der Waals surface area contributed by atoms with Crippen molar-refractivity contribution in [2.45, 2.75) is 32.3 Å². The summed E-state index contributed by atoms with van der Waals surface area (Å²) in [7, 11) is -0.152. The van der Waals surface area contributed by atoms with Crippen molar-refractivity contribution in [3.63, 3.8) is 0 Å². The zero-order chi connectivity index (χ0) is 14.0. The number of H-pyrrole nitrogens is 1. The number of sulfonamides is 1. The Labute approximate surface area is 109 Å². The molecule has 0 bridgehead atoms. The summed E-state index contributed by atoms with van der Waals surface area (Å²) in [5.41, 5.74) is 0.559. The van der Waals surface area contributed by atoms with Crippen molar-refractivity contribution in [1.82, 2.24) is 19.8 Å². The van der Waals surface area contributed by atoms with Gasteiger partial charge in [0.2, 0.25) is 0 Å². The van der Waals surface area contributed by atoms with E-state index in [0.29, 0.717) is 18.7 Å². The lowest BCUT2D eigenvalue weighted by Gasteiger charge is -2.25. The lowest BCUT2D eigenvalue weighted by Crippen LogP contribution is -2.35. The quantitative estimate of drug-likeness (QED) is 0.832. The predicted molar refractivity (Wildman–Crippen MR) is 70.6 cm³/mol. The Morgan fingerprint density at radius 3 is 2.56 bits per heavy atom. The molecule has 0 radical (unpaired) electrons. The first-order valence-electron chi connectivity index (χ1n) is 5.81. The Balaban J connectivity index is 3.02. The fourth-order valence-electron chi connectivity index (χ4n) is 1.75. The lowest BCUT2D eigenvalue weighted by molar-refractivity contribution is 0.310. The summed E-state index contributed by atoms with van der Waals surface area (Å²) in [5.74, 6) is 0. The Morgan fingerprint density at radius 2 is 2.06 bits per heavy atom. The molecule has 1 heterocycles. The molecule has 0 fully saturated rings. The summed E-state index contributed by atoms with van der Waals surface area (Å²) in [4.78, 5) is 0. The summed E-state index contributed by atoms with van der Waals surface area (Å²) in [6.45, 7) is 6.92. The molecule has 18 heavy (non-hydrogen) atoms. The predicted octanol–water partition coefficient (Wildman–Crippen LogP) is 0.796. The molecule has 0 saturated heterocycles. The molecule has 0 amide bonds. The number of hydrogen-bond acceptors (Lipinski definition) is 4. The standard InChI is InChI=1S/C11H22N4O2S/c1-11(2,3)8-15(5)18(16,17)10-9(6-12-4)7-13-14-10/h7,12H,6,8H2,1-5H3,(H,13,14). The minimum absolute atomic E-state index is 0.0923. The van der Waals surface area contributed by atoms with Gasteiger partial charge in [0.05, 0.1) is 6.20 Å². The normalized spacial score (nSPS) is 13.2. The van der Waals surface area contributed by atoms with E-state index in [0.717, 1.165) is 0 Å². The van der Waals surface area contributed by atoms with Crippen molar-refractivity contribution >= 4 is 10.0 Å². The first kappa shape index (κ1) is 15.1. The third-order valence-electron chi connectivity index (χ3n) is 2.41. The molecule has 0 aliphatic carbocycles. The Bertz CT molecular complexity index is 487. The van der Waals surface area contributed by atoms with Gasteiger partial charge in [-0.05, 0) is 12.5 Å². The van der Waals surface area contributed by atoms with Crippen molar-refractivity contribution in [1.29, 1.82) is 0 Å². The van der Waals surface area contributed by atoms with Crippen LogP contribution >= 0.6 is 0 Å². The summed E-state index contributed by atoms with van der Waals surface area (Å²) >= 11 is 0. The smallest absolute Gasteiger partial charge is 0.260 e. The maximum absolute atomic E-state index is 12.4. The Morgan fingerprint density at radius 1 is 1.44 bits per heavy atom. The first-order chi connectivity index (χ1) is 8.18. The number of aromatic amines is 1. The molecular formula is C11H22N4O2S. The van der Waals surface area contributed by atoms with E-state index >= 15 is 0 Å². The van der Waals surface area contributed by atoms with E-state index in [4.69, 9.17) is 0 Å². The summed E-state index contributed by atoms with van der Waals surface area (Å²) in [6, 6.07) is 0. The van der Waals surface area contributed by atoms with E-state index in [2.05, 4.69) is 15.5 Å². The van der Waals surface area contributed by atoms with Crippen LogP contribution in [0.15, 0.2) is 11.2 Å². The average Bonchev–Trinajstić information content (AvgIpc) is 2.64. The number of nitrogens with zero attached hydrogens (tertiary/aromatic N) is 2. The fourth-order valence-corrected chi connectivity index (χ4v) is 3.24. The molecular weight excluding hydrogens is 252 g/mol. The van der Waals surface area contributed by atoms with Gasteiger partial charge < -0.3 is 5.32 Å². The Kier molecular flexibility index (Phi) is 4.52. The van der Waals surface area contributed by atoms with Crippen LogP contribution in [0, 0.1) is 5.41 Å². The third-order valence-corrected chi connectivity index (χ3v) is 4.23. The number of hydrogen-bond donors (Lipinski definition) is 2. The molecule has 1 rings (SSSR count). The highest BCUT2D eigenvalue weighted by atomic mass is 32.2. The van der Waals surface area contributed by atoms with Crippen LogP contribution in [0.1, 0.15) is 26.3 Å². The SMILES string of the molecule is CNCc1cn[nH]c1S(=O)(=O)N(C)CC(C)(C)C. The summed E-state index contributed by atoms with van der Waals surface area (Å²) in [6.07, 6.45) is 1.54. The highest BCUT2D eigenvalue weighted by Crippen LogP contribution is 2.21. The van der Waals surface area contributed by atoms with E-state index in [1.165, 1.54) is 10.5 Å². The van der Waals surface area contributed by atoms with E-state index in [-0.39, 0.29) is 10.4 Å². The van der Waals surface area contributed by atoms with Gasteiger partial charge in [-0.1, -0.05) is 20.8 Å². The van der Waals surface area contributed by atoms with Crippen molar-refractivity contribution < 1.29 is 8.42 Å². The molecule has 1 aromatic heterocycles. The van der Waals surface area contributed by atoms with Gasteiger partial charge in [0.25, 0.3) is 10.0 Å². The van der Waals surface area contributed by atoms with Crippen molar-refractivity contribution in [3.8, 4) is 0 Å². The van der Waals surface area contributed by atoms with Crippen molar-refractivity contribution in [2.24, 2.45) is 5.41 Å². The van der Waals surface area contributed by atoms with Gasteiger partial charge in [-0.25, -0.2) is 8.42 Å². The van der Waals surface area contributed by atoms with E-state index in [1.54, 1.807) is 14.1 Å². The van der Waals surface area contributed by atoms with Crippen LogP contribution in [0.4, 0.5) is 0 Å². The molecule has 0 saturated carbocycles. The minimum atomic E-state index is -3.51. The zero-order valence-corrected chi connectivity index (χ0v) is 12.4. The Hall–Kier alpha value is -0.920. The van der Waals surface area contributed by atoms with Crippen LogP contribution in [0.2, 0.25) is 0 Å². The van der Waals surface area contributed by atoms with Crippen LogP contribution < -0.4 is 5.32 Å². The number of nitrogens with one attached hydrogen (secondary N) is 2. The molecule has 2 N–H and O–H groups in total. The first-order valence-corrected chi connectivity index (χ1v) is 7.25. The van der Waals surface area contributed by atoms with Crippen molar-refractivity contribution in [3.05, 3.63) is 11.8 Å². The van der Waals surface area contributed by atoms with Gasteiger partial charge in [-0.2, -0.15) is 9.40 Å². The maximum Gasteiger partial charge on any atom is 0.260 e. The molecule has 0 aromatic carbocycles. The van der Waals surface area contributed by atoms with Gasteiger partial charge in [0.15, 0.2) is 5.03 Å². The van der Waals surface area contributed by atoms with Gasteiger partial charge in [0.1, 0.15) is 0 Å². The largest absolute Gasteiger partial charge is 0.316 e. The number of rotatable bonds is 5. The summed E-state index contributed by atoms with van der Waals surface area (Å²) < 4.78 is 26.1. The highest BCUT2D eigenvalue weighted by Gasteiger charge is 2.28. The molecule has 6 nitrogen and oxygen atoms in total. The average molecular weight is 274 g/mol. The molecule has 0 aliphatic heterocycles. The minimum Gasteiger partial charge on any atom is -0.316 e. The molecule has 0 atom stereocenters. The number of aromatic nitrogens is 2. The second kappa shape index (κ2) is 5.38. The second-order valence-electron chi connectivity index (χ2n) is 5.58. The fraction of sp³-hybridized carbons (Fsp3) is 0.727. The van der Waals surface area contributed by atoms with Crippen LogP contribution in [0.3, 0.4) is 0 Å². The van der Waals surface area contributed by atoms with Gasteiger partial charge in [-0.3, -0.25) is 5.10 Å². The van der Waals surface area contributed by atoms with Crippen LogP contribution in [-0.4, -0.2) is 43.6 Å². The molecule has 0 spiro atoms. The molecule has 0 aliphatic rings. The van der Waals surface area contributed by atoms with Gasteiger partial charge >= 0.3 is 0 Å². The zero-order valence-electron chi connectivity index (χ0n) is 11.6. The molecule has 1 aromatic rings. The van der Waals surface area contributed by atoms with Gasteiger partial charge in [0, 0.05) is 25.7 Å². The highest BCUT2D eigenvalue weighted by molar-refractivity contribution is 7.89.